The van der Waals surface area contributed by atoms with Crippen LogP contribution in [0, 0.1) is 0 Å². The first kappa shape index (κ1) is 15.2. The van der Waals surface area contributed by atoms with Crippen LogP contribution in [0.3, 0.4) is 0 Å². The van der Waals surface area contributed by atoms with E-state index in [1.54, 1.807) is 17.0 Å². The minimum Gasteiger partial charge on any atom is -0.480 e. The number of rotatable bonds is 5. The van der Waals surface area contributed by atoms with Crippen molar-refractivity contribution in [3.05, 3.63) is 24.0 Å². The molecule has 0 atom stereocenters. The molecule has 0 spiro atoms. The van der Waals surface area contributed by atoms with Crippen LogP contribution in [0.15, 0.2) is 18.3 Å². The fraction of sp³-hybridized carbons (Fsp3) is 0.500. The molecule has 0 aliphatic carbocycles. The molecule has 1 aromatic heterocycles. The Morgan fingerprint density at radius 3 is 2.67 bits per heavy atom. The number of nitrogens with zero attached hydrogens (tertiary/aromatic N) is 2. The number of carbonyl (C=O) groups is 2. The molecule has 7 nitrogen and oxygen atoms in total. The van der Waals surface area contributed by atoms with Gasteiger partial charge in [-0.05, 0) is 25.0 Å². The first-order chi connectivity index (χ1) is 10.0. The lowest BCUT2D eigenvalue weighted by Crippen LogP contribution is -2.42. The summed E-state index contributed by atoms with van der Waals surface area (Å²) in [5, 5.41) is 8.56. The van der Waals surface area contributed by atoms with Gasteiger partial charge < -0.3 is 20.5 Å². The number of aromatic nitrogens is 1. The number of hydrogen-bond acceptors (Lipinski definition) is 5. The van der Waals surface area contributed by atoms with Gasteiger partial charge in [-0.1, -0.05) is 0 Å². The van der Waals surface area contributed by atoms with Crippen LogP contribution in [0.2, 0.25) is 0 Å². The average Bonchev–Trinajstić information content (AvgIpc) is 2.48. The summed E-state index contributed by atoms with van der Waals surface area (Å²) >= 11 is 0. The smallest absolute Gasteiger partial charge is 0.329 e. The number of anilines is 1. The van der Waals surface area contributed by atoms with Crippen LogP contribution in [0.25, 0.3) is 0 Å². The van der Waals surface area contributed by atoms with Crippen molar-refractivity contribution in [2.45, 2.75) is 25.4 Å². The highest BCUT2D eigenvalue weighted by atomic mass is 16.5. The molecule has 0 bridgehead atoms. The molecule has 1 aromatic rings. The Hall–Kier alpha value is -2.15. The molecular formula is C14H19N3O4. The number of nitrogens with two attached hydrogens (primary N) is 1. The Morgan fingerprint density at radius 1 is 1.38 bits per heavy atom. The second-order valence-electron chi connectivity index (χ2n) is 5.04. The molecule has 114 valence electrons. The van der Waals surface area contributed by atoms with Crippen molar-refractivity contribution in [1.82, 2.24) is 9.88 Å². The highest BCUT2D eigenvalue weighted by Gasteiger charge is 2.23. The molecule has 1 saturated heterocycles. The maximum absolute atomic E-state index is 12.1. The van der Waals surface area contributed by atoms with Crippen LogP contribution in [0.1, 0.15) is 18.5 Å². The summed E-state index contributed by atoms with van der Waals surface area (Å²) < 4.78 is 5.24. The van der Waals surface area contributed by atoms with Gasteiger partial charge in [0.15, 0.2) is 0 Å². The number of ether oxygens (including phenoxy) is 1. The van der Waals surface area contributed by atoms with E-state index in [4.69, 9.17) is 15.6 Å². The predicted octanol–water partition coefficient (Wildman–Crippen LogP) is 0.298. The van der Waals surface area contributed by atoms with E-state index < -0.39 is 5.97 Å². The predicted molar refractivity (Wildman–Crippen MR) is 75.5 cm³/mol. The van der Waals surface area contributed by atoms with Crippen molar-refractivity contribution >= 4 is 17.6 Å². The van der Waals surface area contributed by atoms with Crippen molar-refractivity contribution in [2.24, 2.45) is 0 Å². The molecule has 2 heterocycles. The first-order valence-corrected chi connectivity index (χ1v) is 6.86. The SMILES string of the molecule is Nc1ccc(CC(=O)N2CCC(OCC(=O)O)CC2)nc1. The normalized spacial score (nSPS) is 15.9. The van der Waals surface area contributed by atoms with Gasteiger partial charge in [0.05, 0.1) is 24.4 Å². The Labute approximate surface area is 122 Å². The van der Waals surface area contributed by atoms with E-state index >= 15 is 0 Å². The number of carbonyl (C=O) groups excluding carboxylic acids is 1. The third-order valence-corrected chi connectivity index (χ3v) is 3.42. The van der Waals surface area contributed by atoms with Gasteiger partial charge in [-0.3, -0.25) is 9.78 Å². The molecule has 21 heavy (non-hydrogen) atoms. The second kappa shape index (κ2) is 7.03. The number of nitrogen functional groups attached to an aromatic ring is 1. The molecule has 3 N–H and O–H groups in total. The Kier molecular flexibility index (Phi) is 5.10. The van der Waals surface area contributed by atoms with Gasteiger partial charge in [-0.25, -0.2) is 4.79 Å². The van der Waals surface area contributed by atoms with Crippen LogP contribution in [-0.4, -0.2) is 52.7 Å². The Bertz CT molecular complexity index is 495. The lowest BCUT2D eigenvalue weighted by Gasteiger charge is -2.31. The number of hydrogen-bond donors (Lipinski definition) is 2. The lowest BCUT2D eigenvalue weighted by atomic mass is 10.1. The maximum Gasteiger partial charge on any atom is 0.329 e. The van der Waals surface area contributed by atoms with Gasteiger partial charge in [-0.15, -0.1) is 0 Å². The van der Waals surface area contributed by atoms with Gasteiger partial charge in [-0.2, -0.15) is 0 Å². The number of piperidine rings is 1. The second-order valence-corrected chi connectivity index (χ2v) is 5.04. The molecule has 1 aliphatic rings. The standard InChI is InChI=1S/C14H19N3O4/c15-10-1-2-11(16-8-10)7-13(18)17-5-3-12(4-6-17)21-9-14(19)20/h1-2,8,12H,3-7,9,15H2,(H,19,20). The van der Waals surface area contributed by atoms with Gasteiger partial charge in [0.1, 0.15) is 6.61 Å². The summed E-state index contributed by atoms with van der Waals surface area (Å²) in [6.45, 7) is 0.879. The summed E-state index contributed by atoms with van der Waals surface area (Å²) in [7, 11) is 0. The monoisotopic (exact) mass is 293 g/mol. The van der Waals surface area contributed by atoms with Gasteiger partial charge in [0.25, 0.3) is 0 Å². The molecule has 1 aliphatic heterocycles. The average molecular weight is 293 g/mol. The van der Waals surface area contributed by atoms with Gasteiger partial charge in [0.2, 0.25) is 5.91 Å². The van der Waals surface area contributed by atoms with E-state index in [1.165, 1.54) is 6.20 Å². The molecule has 7 heteroatoms. The van der Waals surface area contributed by atoms with Crippen LogP contribution in [-0.2, 0) is 20.7 Å². The molecule has 2 rings (SSSR count). The fourth-order valence-corrected chi connectivity index (χ4v) is 2.27. The van der Waals surface area contributed by atoms with Crippen molar-refractivity contribution in [3.8, 4) is 0 Å². The zero-order valence-electron chi connectivity index (χ0n) is 11.7. The third kappa shape index (κ3) is 4.71. The topological polar surface area (TPSA) is 106 Å². The highest BCUT2D eigenvalue weighted by Crippen LogP contribution is 2.15. The highest BCUT2D eigenvalue weighted by molar-refractivity contribution is 5.78. The number of pyridine rings is 1. The summed E-state index contributed by atoms with van der Waals surface area (Å²) in [6, 6.07) is 3.47. The lowest BCUT2D eigenvalue weighted by molar-refractivity contribution is -0.146. The van der Waals surface area contributed by atoms with Gasteiger partial charge >= 0.3 is 5.97 Å². The zero-order chi connectivity index (χ0) is 15.2. The van der Waals surface area contributed by atoms with E-state index in [0.717, 1.165) is 0 Å². The van der Waals surface area contributed by atoms with Crippen LogP contribution in [0.4, 0.5) is 5.69 Å². The van der Waals surface area contributed by atoms with E-state index in [9.17, 15) is 9.59 Å². The summed E-state index contributed by atoms with van der Waals surface area (Å²) in [5.41, 5.74) is 6.82. The molecule has 0 aromatic carbocycles. The van der Waals surface area contributed by atoms with Crippen molar-refractivity contribution in [2.75, 3.05) is 25.4 Å². The van der Waals surface area contributed by atoms with Crippen LogP contribution < -0.4 is 5.73 Å². The maximum atomic E-state index is 12.1. The minimum absolute atomic E-state index is 0.0176. The number of carboxylic acids is 1. The van der Waals surface area contributed by atoms with E-state index in [2.05, 4.69) is 4.98 Å². The van der Waals surface area contributed by atoms with E-state index in [-0.39, 0.29) is 25.0 Å². The summed E-state index contributed by atoms with van der Waals surface area (Å²) in [6.07, 6.45) is 3.03. The molecule has 0 unspecified atom stereocenters. The Balaban J connectivity index is 1.77. The molecule has 1 fully saturated rings. The van der Waals surface area contributed by atoms with Crippen molar-refractivity contribution in [3.63, 3.8) is 0 Å². The number of likely N-dealkylation sites (tertiary alicyclic amines) is 1. The van der Waals surface area contributed by atoms with Crippen molar-refractivity contribution in [1.29, 1.82) is 0 Å². The zero-order valence-corrected chi connectivity index (χ0v) is 11.7. The van der Waals surface area contributed by atoms with E-state index in [0.29, 0.717) is 37.3 Å². The van der Waals surface area contributed by atoms with Gasteiger partial charge in [0, 0.05) is 18.8 Å². The largest absolute Gasteiger partial charge is 0.480 e. The van der Waals surface area contributed by atoms with Crippen LogP contribution >= 0.6 is 0 Å². The summed E-state index contributed by atoms with van der Waals surface area (Å²) in [4.78, 5) is 28.5. The molecule has 0 saturated carbocycles. The quantitative estimate of drug-likeness (QED) is 0.808. The Morgan fingerprint density at radius 2 is 2.10 bits per heavy atom. The third-order valence-electron chi connectivity index (χ3n) is 3.42. The molecule has 0 radical (unpaired) electrons. The van der Waals surface area contributed by atoms with Crippen LogP contribution in [0.5, 0.6) is 0 Å². The summed E-state index contributed by atoms with van der Waals surface area (Å²) in [5.74, 6) is -0.952. The number of aliphatic carboxylic acids is 1. The van der Waals surface area contributed by atoms with Crippen molar-refractivity contribution < 1.29 is 19.4 Å². The minimum atomic E-state index is -0.970. The fourth-order valence-electron chi connectivity index (χ4n) is 2.27. The molecule has 1 amide bonds. The van der Waals surface area contributed by atoms with E-state index in [1.807, 2.05) is 0 Å². The first-order valence-electron chi connectivity index (χ1n) is 6.86. The number of amides is 1. The molecular weight excluding hydrogens is 274 g/mol. The number of carboxylic acid groups (broad SMARTS) is 1.